The molecule has 0 heterocycles. The molecule has 2 aromatic rings. The van der Waals surface area contributed by atoms with E-state index in [4.69, 9.17) is 4.74 Å². The van der Waals surface area contributed by atoms with Gasteiger partial charge in [-0.1, -0.05) is 42.0 Å². The number of methoxy groups -OCH3 is 1. The van der Waals surface area contributed by atoms with Crippen LogP contribution in [0.5, 0.6) is 5.75 Å². The summed E-state index contributed by atoms with van der Waals surface area (Å²) in [5.41, 5.74) is 4.97. The second kappa shape index (κ2) is 5.89. The van der Waals surface area contributed by atoms with Gasteiger partial charge in [-0.2, -0.15) is 0 Å². The van der Waals surface area contributed by atoms with Crippen LogP contribution < -0.4 is 10.1 Å². The summed E-state index contributed by atoms with van der Waals surface area (Å²) < 4.78 is 5.31. The van der Waals surface area contributed by atoms with E-state index in [9.17, 15) is 0 Å². The first-order valence-corrected chi connectivity index (χ1v) is 6.54. The van der Waals surface area contributed by atoms with Crippen molar-refractivity contribution in [2.75, 3.05) is 14.2 Å². The Balaban J connectivity index is 2.36. The van der Waals surface area contributed by atoms with Gasteiger partial charge < -0.3 is 10.1 Å². The lowest BCUT2D eigenvalue weighted by atomic mass is 9.96. The fourth-order valence-electron chi connectivity index (χ4n) is 2.37. The van der Waals surface area contributed by atoms with Crippen LogP contribution in [0.25, 0.3) is 0 Å². The molecule has 0 aliphatic rings. The zero-order chi connectivity index (χ0) is 13.8. The van der Waals surface area contributed by atoms with E-state index in [2.05, 4.69) is 55.6 Å². The standard InChI is InChI=1S/C17H21NO/c1-12-5-7-14(8-6-12)17(18-3)15-9-10-16(19-4)13(2)11-15/h5-11,17-18H,1-4H3. The average molecular weight is 255 g/mol. The van der Waals surface area contributed by atoms with E-state index >= 15 is 0 Å². The van der Waals surface area contributed by atoms with E-state index in [1.165, 1.54) is 16.7 Å². The summed E-state index contributed by atoms with van der Waals surface area (Å²) in [5, 5.41) is 3.38. The molecule has 2 rings (SSSR count). The maximum Gasteiger partial charge on any atom is 0.121 e. The van der Waals surface area contributed by atoms with Crippen molar-refractivity contribution in [2.45, 2.75) is 19.9 Å². The first kappa shape index (κ1) is 13.6. The normalized spacial score (nSPS) is 12.2. The third-order valence-electron chi connectivity index (χ3n) is 3.45. The Morgan fingerprint density at radius 1 is 0.947 bits per heavy atom. The van der Waals surface area contributed by atoms with Crippen LogP contribution >= 0.6 is 0 Å². The zero-order valence-electron chi connectivity index (χ0n) is 12.0. The predicted molar refractivity (Wildman–Crippen MR) is 79.8 cm³/mol. The Bertz CT molecular complexity index is 546. The summed E-state index contributed by atoms with van der Waals surface area (Å²) in [4.78, 5) is 0. The van der Waals surface area contributed by atoms with Gasteiger partial charge in [0.25, 0.3) is 0 Å². The largest absolute Gasteiger partial charge is 0.496 e. The van der Waals surface area contributed by atoms with E-state index in [0.29, 0.717) is 0 Å². The second-order valence-electron chi connectivity index (χ2n) is 4.86. The van der Waals surface area contributed by atoms with Gasteiger partial charge in [0.05, 0.1) is 13.2 Å². The van der Waals surface area contributed by atoms with Gasteiger partial charge in [0.2, 0.25) is 0 Å². The summed E-state index contributed by atoms with van der Waals surface area (Å²) in [5.74, 6) is 0.933. The minimum Gasteiger partial charge on any atom is -0.496 e. The van der Waals surface area contributed by atoms with E-state index in [-0.39, 0.29) is 6.04 Å². The lowest BCUT2D eigenvalue weighted by Crippen LogP contribution is -2.17. The first-order chi connectivity index (χ1) is 9.15. The van der Waals surface area contributed by atoms with Crippen molar-refractivity contribution in [3.63, 3.8) is 0 Å². The SMILES string of the molecule is CNC(c1ccc(C)cc1)c1ccc(OC)c(C)c1. The predicted octanol–water partition coefficient (Wildman–Crippen LogP) is 3.62. The van der Waals surface area contributed by atoms with Gasteiger partial charge in [0, 0.05) is 0 Å². The molecule has 2 nitrogen and oxygen atoms in total. The highest BCUT2D eigenvalue weighted by Gasteiger charge is 2.12. The van der Waals surface area contributed by atoms with Crippen LogP contribution in [0.15, 0.2) is 42.5 Å². The number of benzene rings is 2. The highest BCUT2D eigenvalue weighted by molar-refractivity contribution is 5.41. The molecule has 0 fully saturated rings. The molecule has 0 aliphatic heterocycles. The van der Waals surface area contributed by atoms with Gasteiger partial charge in [-0.3, -0.25) is 0 Å². The molecule has 1 N–H and O–H groups in total. The number of hydrogen-bond acceptors (Lipinski definition) is 2. The Morgan fingerprint density at radius 2 is 1.58 bits per heavy atom. The first-order valence-electron chi connectivity index (χ1n) is 6.54. The number of hydrogen-bond donors (Lipinski definition) is 1. The van der Waals surface area contributed by atoms with Crippen molar-refractivity contribution in [2.24, 2.45) is 0 Å². The highest BCUT2D eigenvalue weighted by atomic mass is 16.5. The summed E-state index contributed by atoms with van der Waals surface area (Å²) in [6.45, 7) is 4.18. The molecule has 19 heavy (non-hydrogen) atoms. The van der Waals surface area contributed by atoms with Crippen LogP contribution in [-0.4, -0.2) is 14.2 Å². The van der Waals surface area contributed by atoms with Crippen LogP contribution in [0.1, 0.15) is 28.3 Å². The van der Waals surface area contributed by atoms with Crippen molar-refractivity contribution in [1.82, 2.24) is 5.32 Å². The second-order valence-corrected chi connectivity index (χ2v) is 4.86. The molecule has 1 atom stereocenters. The average Bonchev–Trinajstić information content (AvgIpc) is 2.42. The van der Waals surface area contributed by atoms with Crippen molar-refractivity contribution in [3.05, 3.63) is 64.7 Å². The molecule has 0 bridgehead atoms. The lowest BCUT2D eigenvalue weighted by Gasteiger charge is -2.19. The molecule has 0 aliphatic carbocycles. The van der Waals surface area contributed by atoms with Gasteiger partial charge in [0.1, 0.15) is 5.75 Å². The third-order valence-corrected chi connectivity index (χ3v) is 3.45. The fraction of sp³-hybridized carbons (Fsp3) is 0.294. The van der Waals surface area contributed by atoms with Gasteiger partial charge in [-0.05, 0) is 43.7 Å². The minimum absolute atomic E-state index is 0.213. The topological polar surface area (TPSA) is 21.3 Å². The molecule has 1 unspecified atom stereocenters. The third kappa shape index (κ3) is 2.96. The molecule has 0 spiro atoms. The van der Waals surface area contributed by atoms with Crippen molar-refractivity contribution in [1.29, 1.82) is 0 Å². The molecular weight excluding hydrogens is 234 g/mol. The van der Waals surface area contributed by atoms with E-state index < -0.39 is 0 Å². The number of rotatable bonds is 4. The smallest absolute Gasteiger partial charge is 0.121 e. The van der Waals surface area contributed by atoms with Gasteiger partial charge in [-0.15, -0.1) is 0 Å². The van der Waals surface area contributed by atoms with Gasteiger partial charge >= 0.3 is 0 Å². The molecule has 0 aromatic heterocycles. The van der Waals surface area contributed by atoms with Crippen LogP contribution in [0.3, 0.4) is 0 Å². The molecule has 2 aromatic carbocycles. The maximum absolute atomic E-state index is 5.31. The molecule has 0 amide bonds. The number of nitrogens with one attached hydrogen (secondary N) is 1. The Morgan fingerprint density at radius 3 is 2.11 bits per heavy atom. The molecule has 2 heteroatoms. The van der Waals surface area contributed by atoms with Gasteiger partial charge in [0.15, 0.2) is 0 Å². The Labute approximate surface area is 115 Å². The Hall–Kier alpha value is -1.80. The number of aryl methyl sites for hydroxylation is 2. The van der Waals surface area contributed by atoms with Crippen molar-refractivity contribution >= 4 is 0 Å². The monoisotopic (exact) mass is 255 g/mol. The summed E-state index contributed by atoms with van der Waals surface area (Å²) in [7, 11) is 3.70. The molecule has 0 saturated carbocycles. The maximum atomic E-state index is 5.31. The van der Waals surface area contributed by atoms with Crippen LogP contribution in [0.2, 0.25) is 0 Å². The zero-order valence-corrected chi connectivity index (χ0v) is 12.0. The lowest BCUT2D eigenvalue weighted by molar-refractivity contribution is 0.411. The summed E-state index contributed by atoms with van der Waals surface area (Å²) in [6, 6.07) is 15.2. The van der Waals surface area contributed by atoms with Crippen molar-refractivity contribution < 1.29 is 4.74 Å². The molecule has 100 valence electrons. The van der Waals surface area contributed by atoms with Crippen LogP contribution in [0, 0.1) is 13.8 Å². The van der Waals surface area contributed by atoms with E-state index in [1.54, 1.807) is 7.11 Å². The van der Waals surface area contributed by atoms with E-state index in [0.717, 1.165) is 11.3 Å². The molecule has 0 radical (unpaired) electrons. The Kier molecular flexibility index (Phi) is 4.23. The van der Waals surface area contributed by atoms with E-state index in [1.807, 2.05) is 13.1 Å². The summed E-state index contributed by atoms with van der Waals surface area (Å²) in [6.07, 6.45) is 0. The van der Waals surface area contributed by atoms with Crippen molar-refractivity contribution in [3.8, 4) is 5.75 Å². The quantitative estimate of drug-likeness (QED) is 0.901. The van der Waals surface area contributed by atoms with Crippen LogP contribution in [0.4, 0.5) is 0 Å². The van der Waals surface area contributed by atoms with Gasteiger partial charge in [-0.25, -0.2) is 0 Å². The number of ether oxygens (including phenoxy) is 1. The highest BCUT2D eigenvalue weighted by Crippen LogP contribution is 2.26. The summed E-state index contributed by atoms with van der Waals surface area (Å²) >= 11 is 0. The molecular formula is C17H21NO. The fourth-order valence-corrected chi connectivity index (χ4v) is 2.37. The minimum atomic E-state index is 0.213. The molecule has 0 saturated heterocycles. The van der Waals surface area contributed by atoms with Crippen LogP contribution in [-0.2, 0) is 0 Å².